The minimum absolute atomic E-state index is 0.184. The molecule has 15 heavy (non-hydrogen) atoms. The Bertz CT molecular complexity index is 177. The molecule has 0 aliphatic rings. The van der Waals surface area contributed by atoms with Gasteiger partial charge in [-0.1, -0.05) is 34.6 Å². The van der Waals surface area contributed by atoms with Crippen LogP contribution in [0.4, 0.5) is 0 Å². The Hall–Kier alpha value is 0.270. The molecule has 0 heterocycles. The van der Waals surface area contributed by atoms with Gasteiger partial charge in [0.15, 0.2) is 0 Å². The molecule has 0 fully saturated rings. The topological polar surface area (TPSA) is 46.2 Å². The first-order valence-corrected chi connectivity index (χ1v) is 6.73. The largest absolute Gasteiger partial charge is 0.392 e. The summed E-state index contributed by atoms with van der Waals surface area (Å²) in [6.07, 6.45) is 0.713. The van der Waals surface area contributed by atoms with E-state index < -0.39 is 0 Å². The summed E-state index contributed by atoms with van der Waals surface area (Å²) in [4.78, 5) is 0. The van der Waals surface area contributed by atoms with Crippen LogP contribution in [0, 0.1) is 5.41 Å². The zero-order chi connectivity index (χ0) is 12.2. The van der Waals surface area contributed by atoms with Gasteiger partial charge in [0.1, 0.15) is 0 Å². The second-order valence-corrected chi connectivity index (χ2v) is 6.96. The van der Waals surface area contributed by atoms with Crippen molar-refractivity contribution >= 4 is 11.8 Å². The zero-order valence-corrected chi connectivity index (χ0v) is 11.8. The van der Waals surface area contributed by atoms with Crippen LogP contribution in [0.2, 0.25) is 0 Å². The zero-order valence-electron chi connectivity index (χ0n) is 10.9. The van der Waals surface area contributed by atoms with Gasteiger partial charge < -0.3 is 10.8 Å². The lowest BCUT2D eigenvalue weighted by atomic mass is 9.87. The van der Waals surface area contributed by atoms with E-state index in [1.807, 2.05) is 18.7 Å². The molecule has 0 aliphatic heterocycles. The van der Waals surface area contributed by atoms with Crippen LogP contribution in [0.3, 0.4) is 0 Å². The Morgan fingerprint density at radius 2 is 1.73 bits per heavy atom. The minimum atomic E-state index is -0.274. The fraction of sp³-hybridized carbons (Fsp3) is 1.00. The molecule has 3 N–H and O–H groups in total. The van der Waals surface area contributed by atoms with Crippen LogP contribution in [0.25, 0.3) is 0 Å². The molecule has 0 bridgehead atoms. The quantitative estimate of drug-likeness (QED) is 0.767. The van der Waals surface area contributed by atoms with E-state index in [-0.39, 0.29) is 22.8 Å². The average molecular weight is 233 g/mol. The summed E-state index contributed by atoms with van der Waals surface area (Å²) in [6, 6.07) is 0.205. The van der Waals surface area contributed by atoms with Gasteiger partial charge in [0.25, 0.3) is 0 Å². The van der Waals surface area contributed by atoms with Gasteiger partial charge in [-0.15, -0.1) is 0 Å². The smallest absolute Gasteiger partial charge is 0.0628 e. The highest BCUT2D eigenvalue weighted by atomic mass is 32.2. The molecule has 0 spiro atoms. The molecule has 0 amide bonds. The number of hydrogen-bond donors (Lipinski definition) is 2. The highest BCUT2D eigenvalue weighted by Gasteiger charge is 2.32. The fourth-order valence-corrected chi connectivity index (χ4v) is 3.00. The van der Waals surface area contributed by atoms with Gasteiger partial charge in [0.05, 0.1) is 6.10 Å². The van der Waals surface area contributed by atoms with Crippen LogP contribution >= 0.6 is 11.8 Å². The highest BCUT2D eigenvalue weighted by molar-refractivity contribution is 8.00. The second kappa shape index (κ2) is 6.12. The minimum Gasteiger partial charge on any atom is -0.392 e. The van der Waals surface area contributed by atoms with Gasteiger partial charge in [-0.3, -0.25) is 0 Å². The van der Waals surface area contributed by atoms with Crippen LogP contribution in [-0.2, 0) is 0 Å². The van der Waals surface area contributed by atoms with Crippen molar-refractivity contribution in [2.75, 3.05) is 0 Å². The van der Waals surface area contributed by atoms with Crippen LogP contribution in [0.1, 0.15) is 48.0 Å². The van der Waals surface area contributed by atoms with Crippen molar-refractivity contribution in [3.8, 4) is 0 Å². The first-order chi connectivity index (χ1) is 6.70. The number of hydrogen-bond acceptors (Lipinski definition) is 3. The summed E-state index contributed by atoms with van der Waals surface area (Å²) in [7, 11) is 0. The molecule has 0 aromatic carbocycles. The highest BCUT2D eigenvalue weighted by Crippen LogP contribution is 2.36. The monoisotopic (exact) mass is 233 g/mol. The number of aliphatic hydroxyl groups excluding tert-OH is 1. The summed E-state index contributed by atoms with van der Waals surface area (Å²) in [6.45, 7) is 12.7. The molecular weight excluding hydrogens is 206 g/mol. The van der Waals surface area contributed by atoms with E-state index in [9.17, 15) is 5.11 Å². The average Bonchev–Trinajstić information content (AvgIpc) is 2.10. The summed E-state index contributed by atoms with van der Waals surface area (Å²) < 4.78 is 0. The predicted octanol–water partition coefficient (Wildman–Crippen LogP) is 2.64. The lowest BCUT2D eigenvalue weighted by Gasteiger charge is -2.36. The maximum absolute atomic E-state index is 9.53. The van der Waals surface area contributed by atoms with Gasteiger partial charge in [-0.05, 0) is 18.8 Å². The van der Waals surface area contributed by atoms with Crippen molar-refractivity contribution < 1.29 is 5.11 Å². The van der Waals surface area contributed by atoms with E-state index in [2.05, 4.69) is 34.6 Å². The Morgan fingerprint density at radius 3 is 2.00 bits per heavy atom. The van der Waals surface area contributed by atoms with Crippen LogP contribution in [0.5, 0.6) is 0 Å². The third kappa shape index (κ3) is 5.23. The van der Waals surface area contributed by atoms with Crippen LogP contribution in [0.15, 0.2) is 0 Å². The molecule has 0 aromatic heterocycles. The standard InChI is InChI=1S/C12H27NOS/c1-7-10(13)11(12(4,5)6)15-9(3)8(2)14/h8-11,14H,7,13H2,1-6H3. The van der Waals surface area contributed by atoms with E-state index in [0.717, 1.165) is 6.42 Å². The van der Waals surface area contributed by atoms with E-state index in [4.69, 9.17) is 5.73 Å². The van der Waals surface area contributed by atoms with Gasteiger partial charge in [-0.2, -0.15) is 11.8 Å². The first-order valence-electron chi connectivity index (χ1n) is 5.79. The van der Waals surface area contributed by atoms with Crippen molar-refractivity contribution in [1.29, 1.82) is 0 Å². The van der Waals surface area contributed by atoms with Gasteiger partial charge in [0, 0.05) is 16.5 Å². The van der Waals surface area contributed by atoms with Gasteiger partial charge in [0.2, 0.25) is 0 Å². The SMILES string of the molecule is CCC(N)C(SC(C)C(C)O)C(C)(C)C. The maximum atomic E-state index is 9.53. The molecular formula is C12H27NOS. The van der Waals surface area contributed by atoms with Crippen molar-refractivity contribution in [2.24, 2.45) is 11.1 Å². The normalized spacial score (nSPS) is 20.8. The van der Waals surface area contributed by atoms with Crippen molar-refractivity contribution in [3.05, 3.63) is 0 Å². The molecule has 0 saturated heterocycles. The molecule has 0 radical (unpaired) electrons. The molecule has 0 rings (SSSR count). The molecule has 92 valence electrons. The van der Waals surface area contributed by atoms with Crippen molar-refractivity contribution in [2.45, 2.75) is 70.6 Å². The lowest BCUT2D eigenvalue weighted by molar-refractivity contribution is 0.195. The van der Waals surface area contributed by atoms with E-state index in [0.29, 0.717) is 5.25 Å². The molecule has 2 nitrogen and oxygen atoms in total. The first kappa shape index (κ1) is 15.3. The van der Waals surface area contributed by atoms with E-state index in [1.54, 1.807) is 0 Å². The third-order valence-corrected chi connectivity index (χ3v) is 4.93. The van der Waals surface area contributed by atoms with Gasteiger partial charge >= 0.3 is 0 Å². The summed E-state index contributed by atoms with van der Waals surface area (Å²) in [5, 5.41) is 10.2. The molecule has 0 aromatic rings. The molecule has 4 atom stereocenters. The fourth-order valence-electron chi connectivity index (χ4n) is 1.51. The maximum Gasteiger partial charge on any atom is 0.0628 e. The van der Waals surface area contributed by atoms with E-state index >= 15 is 0 Å². The summed E-state index contributed by atoms with van der Waals surface area (Å²) in [5.74, 6) is 0. The Morgan fingerprint density at radius 1 is 1.27 bits per heavy atom. The lowest BCUT2D eigenvalue weighted by Crippen LogP contribution is -2.42. The Labute approximate surface area is 99.0 Å². The Kier molecular flexibility index (Phi) is 6.23. The summed E-state index contributed by atoms with van der Waals surface area (Å²) in [5.41, 5.74) is 6.33. The number of rotatable bonds is 5. The predicted molar refractivity (Wildman–Crippen MR) is 70.2 cm³/mol. The third-order valence-electron chi connectivity index (χ3n) is 2.75. The Balaban J connectivity index is 4.52. The molecule has 0 saturated carbocycles. The van der Waals surface area contributed by atoms with Crippen molar-refractivity contribution in [3.63, 3.8) is 0 Å². The van der Waals surface area contributed by atoms with Crippen LogP contribution in [-0.4, -0.2) is 27.8 Å². The number of aliphatic hydroxyl groups is 1. The summed E-state index contributed by atoms with van der Waals surface area (Å²) >= 11 is 1.82. The molecule has 0 aliphatic carbocycles. The van der Waals surface area contributed by atoms with Gasteiger partial charge in [-0.25, -0.2) is 0 Å². The molecule has 3 heteroatoms. The van der Waals surface area contributed by atoms with Crippen molar-refractivity contribution in [1.82, 2.24) is 0 Å². The molecule has 4 unspecified atom stereocenters. The van der Waals surface area contributed by atoms with E-state index in [1.165, 1.54) is 0 Å². The second-order valence-electron chi connectivity index (χ2n) is 5.44. The number of thioether (sulfide) groups is 1. The number of nitrogens with two attached hydrogens (primary N) is 1. The van der Waals surface area contributed by atoms with Crippen LogP contribution < -0.4 is 5.73 Å².